The minimum atomic E-state index is -1.37. The van der Waals surface area contributed by atoms with Crippen LogP contribution in [0.15, 0.2) is 36.4 Å². The average Bonchev–Trinajstić information content (AvgIpc) is 3.43. The fraction of sp³-hybridized carbons (Fsp3) is 0.484. The summed E-state index contributed by atoms with van der Waals surface area (Å²) in [6.45, 7) is 8.75. The number of carbonyl (C=O) groups excluding carboxylic acids is 3. The van der Waals surface area contributed by atoms with Crippen molar-refractivity contribution in [2.75, 3.05) is 12.3 Å². The number of carboxylic acids is 1. The molecule has 1 saturated heterocycles. The number of ether oxygens (including phenoxy) is 2. The molecule has 0 spiro atoms. The van der Waals surface area contributed by atoms with E-state index in [9.17, 15) is 37.5 Å². The Morgan fingerprint density at radius 3 is 2.29 bits per heavy atom. The molecule has 3 N–H and O–H groups in total. The predicted octanol–water partition coefficient (Wildman–Crippen LogP) is 4.64. The van der Waals surface area contributed by atoms with Crippen LogP contribution in [0.4, 0.5) is 18.0 Å². The quantitative estimate of drug-likeness (QED) is 0.283. The van der Waals surface area contributed by atoms with E-state index in [2.05, 4.69) is 10.6 Å². The molecule has 246 valence electrons. The second-order valence-electron chi connectivity index (χ2n) is 11.9. The van der Waals surface area contributed by atoms with Gasteiger partial charge in [0.25, 0.3) is 5.91 Å². The van der Waals surface area contributed by atoms with Crippen LogP contribution >= 0.6 is 11.8 Å². The van der Waals surface area contributed by atoms with Crippen molar-refractivity contribution in [2.24, 2.45) is 5.92 Å². The molecule has 45 heavy (non-hydrogen) atoms. The zero-order chi connectivity index (χ0) is 33.5. The van der Waals surface area contributed by atoms with Gasteiger partial charge in [0.1, 0.15) is 17.2 Å². The van der Waals surface area contributed by atoms with Gasteiger partial charge in [0.05, 0.1) is 0 Å². The summed E-state index contributed by atoms with van der Waals surface area (Å²) < 4.78 is 52.6. The fourth-order valence-electron chi connectivity index (χ4n) is 4.49. The first-order valence-electron chi connectivity index (χ1n) is 14.3. The molecule has 0 radical (unpaired) electrons. The minimum absolute atomic E-state index is 0.128. The van der Waals surface area contributed by atoms with Crippen LogP contribution in [-0.2, 0) is 32.1 Å². The number of rotatable bonds is 12. The molecule has 2 aromatic rings. The standard InChI is InChI=1S/C31H38F3N3O7S/c1-17(2)26(29(40)41)43-21-8-6-18(7-9-21)16-35-27(39)28-37(10-11-45-28)25(38)14-20(36-30(42)44-31(3,4)5)12-19-13-23(33)24(34)15-22(19)32/h6-9,13,15,17,20,26,28H,10-12,14,16H2,1-5H3,(H,35,39)(H,36,42)(H,40,41)/t20-,26?,28+/m1/s1. The van der Waals surface area contributed by atoms with Crippen molar-refractivity contribution in [3.05, 3.63) is 65.0 Å². The van der Waals surface area contributed by atoms with Gasteiger partial charge in [0.2, 0.25) is 5.91 Å². The number of benzene rings is 2. The molecule has 3 amide bonds. The molecule has 1 aliphatic heterocycles. The maximum Gasteiger partial charge on any atom is 0.407 e. The van der Waals surface area contributed by atoms with Gasteiger partial charge in [-0.1, -0.05) is 26.0 Å². The average molecular weight is 654 g/mol. The smallest absolute Gasteiger partial charge is 0.407 e. The molecule has 0 aliphatic carbocycles. The van der Waals surface area contributed by atoms with E-state index in [0.29, 0.717) is 29.2 Å². The molecule has 1 heterocycles. The Bertz CT molecular complexity index is 1390. The topological polar surface area (TPSA) is 134 Å². The van der Waals surface area contributed by atoms with Gasteiger partial charge in [-0.15, -0.1) is 11.8 Å². The van der Waals surface area contributed by atoms with Crippen LogP contribution < -0.4 is 15.4 Å². The number of alkyl carbamates (subject to hydrolysis) is 1. The number of nitrogens with zero attached hydrogens (tertiary/aromatic N) is 1. The zero-order valence-corrected chi connectivity index (χ0v) is 26.5. The first-order chi connectivity index (χ1) is 21.0. The molecular weight excluding hydrogens is 615 g/mol. The second-order valence-corrected chi connectivity index (χ2v) is 13.1. The SMILES string of the molecule is CC(C)C(Oc1ccc(CNC(=O)[C@@H]2SCCN2C(=O)C[C@@H](Cc2cc(F)c(F)cc2F)NC(=O)OC(C)(C)C)cc1)C(=O)O. The summed E-state index contributed by atoms with van der Waals surface area (Å²) in [5.74, 6) is -5.09. The molecule has 14 heteroatoms. The van der Waals surface area contributed by atoms with E-state index in [1.54, 1.807) is 58.9 Å². The van der Waals surface area contributed by atoms with E-state index in [1.165, 1.54) is 16.7 Å². The van der Waals surface area contributed by atoms with Crippen molar-refractivity contribution >= 4 is 35.6 Å². The highest BCUT2D eigenvalue weighted by atomic mass is 32.2. The summed E-state index contributed by atoms with van der Waals surface area (Å²) in [6, 6.07) is 6.59. The Hall–Kier alpha value is -3.94. The normalized spacial score (nSPS) is 16.2. The summed E-state index contributed by atoms with van der Waals surface area (Å²) in [5.41, 5.74) is -0.404. The lowest BCUT2D eigenvalue weighted by Crippen LogP contribution is -2.48. The van der Waals surface area contributed by atoms with Crippen molar-refractivity contribution in [1.82, 2.24) is 15.5 Å². The van der Waals surface area contributed by atoms with Crippen molar-refractivity contribution in [3.63, 3.8) is 0 Å². The predicted molar refractivity (Wildman–Crippen MR) is 161 cm³/mol. The molecule has 1 aliphatic rings. The molecule has 0 bridgehead atoms. The summed E-state index contributed by atoms with van der Waals surface area (Å²) in [7, 11) is 0. The molecule has 1 unspecified atom stereocenters. The second kappa shape index (κ2) is 15.4. The van der Waals surface area contributed by atoms with E-state index in [4.69, 9.17) is 9.47 Å². The molecule has 10 nitrogen and oxygen atoms in total. The van der Waals surface area contributed by atoms with Gasteiger partial charge < -0.3 is 30.1 Å². The highest BCUT2D eigenvalue weighted by Gasteiger charge is 2.36. The lowest BCUT2D eigenvalue weighted by Gasteiger charge is -2.27. The van der Waals surface area contributed by atoms with E-state index >= 15 is 0 Å². The van der Waals surface area contributed by atoms with Gasteiger partial charge in [-0.3, -0.25) is 9.59 Å². The first-order valence-corrected chi connectivity index (χ1v) is 15.4. The number of carboxylic acid groups (broad SMARTS) is 1. The summed E-state index contributed by atoms with van der Waals surface area (Å²) in [4.78, 5) is 51.7. The van der Waals surface area contributed by atoms with E-state index in [0.717, 1.165) is 0 Å². The third-order valence-corrected chi connectivity index (χ3v) is 7.84. The molecule has 3 rings (SSSR count). The van der Waals surface area contributed by atoms with Gasteiger partial charge in [-0.2, -0.15) is 0 Å². The van der Waals surface area contributed by atoms with Gasteiger partial charge in [-0.05, 0) is 56.5 Å². The largest absolute Gasteiger partial charge is 0.478 e. The van der Waals surface area contributed by atoms with E-state index < -0.39 is 64.4 Å². The monoisotopic (exact) mass is 653 g/mol. The summed E-state index contributed by atoms with van der Waals surface area (Å²) >= 11 is 1.25. The number of hydrogen-bond acceptors (Lipinski definition) is 7. The number of halogens is 3. The van der Waals surface area contributed by atoms with Crippen LogP contribution in [0.3, 0.4) is 0 Å². The number of amides is 3. The Morgan fingerprint density at radius 2 is 1.69 bits per heavy atom. The Kier molecular flexibility index (Phi) is 12.1. The summed E-state index contributed by atoms with van der Waals surface area (Å²) in [6.07, 6.45) is -2.59. The van der Waals surface area contributed by atoms with Gasteiger partial charge >= 0.3 is 12.1 Å². The van der Waals surface area contributed by atoms with Gasteiger partial charge in [0.15, 0.2) is 23.1 Å². The van der Waals surface area contributed by atoms with Crippen LogP contribution in [0.25, 0.3) is 0 Å². The molecule has 2 aromatic carbocycles. The Balaban J connectivity index is 1.65. The van der Waals surface area contributed by atoms with E-state index in [1.807, 2.05) is 0 Å². The van der Waals surface area contributed by atoms with Crippen LogP contribution in [0.1, 0.15) is 52.2 Å². The van der Waals surface area contributed by atoms with Gasteiger partial charge in [-0.25, -0.2) is 22.8 Å². The maximum absolute atomic E-state index is 14.4. The highest BCUT2D eigenvalue weighted by molar-refractivity contribution is 8.00. The zero-order valence-electron chi connectivity index (χ0n) is 25.7. The van der Waals surface area contributed by atoms with Gasteiger partial charge in [0, 0.05) is 43.3 Å². The lowest BCUT2D eigenvalue weighted by molar-refractivity contribution is -0.147. The van der Waals surface area contributed by atoms with Crippen LogP contribution in [0.2, 0.25) is 0 Å². The Labute approximate surface area is 264 Å². The molecule has 1 fully saturated rings. The highest BCUT2D eigenvalue weighted by Crippen LogP contribution is 2.26. The third kappa shape index (κ3) is 10.6. The van der Waals surface area contributed by atoms with Crippen molar-refractivity contribution < 1.29 is 46.9 Å². The van der Waals surface area contributed by atoms with Crippen molar-refractivity contribution in [2.45, 2.75) is 77.1 Å². The molecular formula is C31H38F3N3O7S. The van der Waals surface area contributed by atoms with Crippen LogP contribution in [0.5, 0.6) is 5.75 Å². The fourth-order valence-corrected chi connectivity index (χ4v) is 5.65. The molecule has 0 saturated carbocycles. The summed E-state index contributed by atoms with van der Waals surface area (Å²) in [5, 5.41) is 13.8. The minimum Gasteiger partial charge on any atom is -0.478 e. The molecule has 3 atom stereocenters. The third-order valence-electron chi connectivity index (χ3n) is 6.64. The number of nitrogens with one attached hydrogen (secondary N) is 2. The van der Waals surface area contributed by atoms with Crippen molar-refractivity contribution in [1.29, 1.82) is 0 Å². The van der Waals surface area contributed by atoms with Crippen LogP contribution in [0, 0.1) is 23.4 Å². The van der Waals surface area contributed by atoms with Crippen LogP contribution in [-0.4, -0.2) is 69.3 Å². The lowest BCUT2D eigenvalue weighted by atomic mass is 10.0. The molecule has 0 aromatic heterocycles. The number of thioether (sulfide) groups is 1. The number of carbonyl (C=O) groups is 4. The first kappa shape index (κ1) is 35.5. The van der Waals surface area contributed by atoms with Crippen molar-refractivity contribution in [3.8, 4) is 5.75 Å². The Morgan fingerprint density at radius 1 is 1.04 bits per heavy atom. The number of aliphatic carboxylic acids is 1. The van der Waals surface area contributed by atoms with E-state index in [-0.39, 0.29) is 37.4 Å². The maximum atomic E-state index is 14.4. The number of hydrogen-bond donors (Lipinski definition) is 3.